The number of rotatable bonds is 17. The van der Waals surface area contributed by atoms with Gasteiger partial charge in [-0.15, -0.1) is 0 Å². The summed E-state index contributed by atoms with van der Waals surface area (Å²) in [5, 5.41) is 0. The lowest BCUT2D eigenvalue weighted by Crippen LogP contribution is -2.02. The van der Waals surface area contributed by atoms with Crippen LogP contribution in [0.3, 0.4) is 0 Å². The second-order valence-corrected chi connectivity index (χ2v) is 12.3. The van der Waals surface area contributed by atoms with Crippen molar-refractivity contribution in [2.24, 2.45) is 9.98 Å². The van der Waals surface area contributed by atoms with Crippen molar-refractivity contribution in [3.05, 3.63) is 107 Å². The summed E-state index contributed by atoms with van der Waals surface area (Å²) in [6.45, 7) is 11.3. The molecule has 2 nitrogen and oxygen atoms in total. The molecule has 4 rings (SSSR count). The summed E-state index contributed by atoms with van der Waals surface area (Å²) in [4.78, 5) is 10.2. The Morgan fingerprint density at radius 2 is 1.16 bits per heavy atom. The monoisotopic (exact) mass is 598 g/mol. The van der Waals surface area contributed by atoms with Crippen LogP contribution in [0.15, 0.2) is 94.9 Å². The van der Waals surface area contributed by atoms with E-state index in [1.807, 2.05) is 6.21 Å². The van der Waals surface area contributed by atoms with Crippen molar-refractivity contribution in [1.29, 1.82) is 0 Å². The molecule has 45 heavy (non-hydrogen) atoms. The lowest BCUT2D eigenvalue weighted by Gasteiger charge is -2.16. The SMILES string of the molecule is CCCCCCc1cc(N=C(C=Nc2cc(-c3ccccc3)c(C)c(-c3ccccc3)c2)CC)cc(CC)c1CCCCCC. The van der Waals surface area contributed by atoms with Gasteiger partial charge in [-0.2, -0.15) is 0 Å². The van der Waals surface area contributed by atoms with Crippen LogP contribution in [-0.4, -0.2) is 11.9 Å². The highest BCUT2D eigenvalue weighted by Gasteiger charge is 2.13. The Morgan fingerprint density at radius 1 is 0.600 bits per heavy atom. The lowest BCUT2D eigenvalue weighted by atomic mass is 9.91. The van der Waals surface area contributed by atoms with E-state index in [4.69, 9.17) is 9.98 Å². The molecule has 4 aromatic carbocycles. The van der Waals surface area contributed by atoms with Gasteiger partial charge in [-0.3, -0.25) is 9.98 Å². The highest BCUT2D eigenvalue weighted by atomic mass is 14.8. The minimum atomic E-state index is 0.832. The topological polar surface area (TPSA) is 24.7 Å². The molecule has 0 saturated carbocycles. The van der Waals surface area contributed by atoms with Crippen molar-refractivity contribution in [2.45, 2.75) is 112 Å². The van der Waals surface area contributed by atoms with Crippen LogP contribution in [0.1, 0.15) is 108 Å². The van der Waals surface area contributed by atoms with Crippen molar-refractivity contribution >= 4 is 23.3 Å². The molecular formula is C43H54N2. The number of benzene rings is 4. The molecule has 0 aliphatic rings. The van der Waals surface area contributed by atoms with E-state index in [1.165, 1.54) is 96.7 Å². The smallest absolute Gasteiger partial charge is 0.0642 e. The van der Waals surface area contributed by atoms with Crippen LogP contribution in [0.2, 0.25) is 0 Å². The van der Waals surface area contributed by atoms with Gasteiger partial charge in [0.05, 0.1) is 17.1 Å². The van der Waals surface area contributed by atoms with Crippen LogP contribution in [-0.2, 0) is 19.3 Å². The van der Waals surface area contributed by atoms with Gasteiger partial charge >= 0.3 is 0 Å². The molecule has 4 aromatic rings. The number of unbranched alkanes of at least 4 members (excludes halogenated alkanes) is 6. The second-order valence-electron chi connectivity index (χ2n) is 12.3. The number of hydrogen-bond donors (Lipinski definition) is 0. The Hall–Kier alpha value is -3.78. The summed E-state index contributed by atoms with van der Waals surface area (Å²) < 4.78 is 0. The number of aryl methyl sites for hydroxylation is 2. The summed E-state index contributed by atoms with van der Waals surface area (Å²) in [6.07, 6.45) is 16.6. The fourth-order valence-corrected chi connectivity index (χ4v) is 6.30. The first-order valence-corrected chi connectivity index (χ1v) is 17.6. The number of hydrogen-bond acceptors (Lipinski definition) is 2. The maximum atomic E-state index is 5.20. The van der Waals surface area contributed by atoms with Gasteiger partial charge in [0.2, 0.25) is 0 Å². The Kier molecular flexibility index (Phi) is 13.8. The van der Waals surface area contributed by atoms with Crippen LogP contribution in [0.5, 0.6) is 0 Å². The van der Waals surface area contributed by atoms with Crippen LogP contribution < -0.4 is 0 Å². The first kappa shape index (κ1) is 34.1. The third kappa shape index (κ3) is 9.85. The van der Waals surface area contributed by atoms with Crippen molar-refractivity contribution < 1.29 is 0 Å². The fourth-order valence-electron chi connectivity index (χ4n) is 6.30. The molecule has 0 amide bonds. The first-order valence-electron chi connectivity index (χ1n) is 17.6. The molecule has 0 atom stereocenters. The van der Waals surface area contributed by atoms with Gasteiger partial charge in [0.15, 0.2) is 0 Å². The number of aliphatic imine (C=N–C) groups is 2. The van der Waals surface area contributed by atoms with Gasteiger partial charge in [-0.1, -0.05) is 127 Å². The Labute approximate surface area is 273 Å². The third-order valence-corrected chi connectivity index (χ3v) is 8.94. The van der Waals surface area contributed by atoms with Gasteiger partial charge in [0.1, 0.15) is 0 Å². The summed E-state index contributed by atoms with van der Waals surface area (Å²) in [5.74, 6) is 0. The van der Waals surface area contributed by atoms with Crippen LogP contribution in [0, 0.1) is 6.92 Å². The molecule has 0 aliphatic carbocycles. The van der Waals surface area contributed by atoms with Crippen LogP contribution in [0.4, 0.5) is 11.4 Å². The normalized spacial score (nSPS) is 11.9. The largest absolute Gasteiger partial charge is 0.255 e. The average Bonchev–Trinajstić information content (AvgIpc) is 3.08. The van der Waals surface area contributed by atoms with E-state index in [0.717, 1.165) is 36.3 Å². The molecule has 0 fully saturated rings. The van der Waals surface area contributed by atoms with E-state index in [1.54, 1.807) is 5.56 Å². The number of nitrogens with zero attached hydrogens (tertiary/aromatic N) is 2. The zero-order chi connectivity index (χ0) is 31.9. The van der Waals surface area contributed by atoms with Crippen LogP contribution in [0.25, 0.3) is 22.3 Å². The minimum Gasteiger partial charge on any atom is -0.255 e. The maximum Gasteiger partial charge on any atom is 0.0642 e. The van der Waals surface area contributed by atoms with Crippen molar-refractivity contribution in [3.63, 3.8) is 0 Å². The molecule has 0 heterocycles. The molecule has 0 N–H and O–H groups in total. The zero-order valence-corrected chi connectivity index (χ0v) is 28.5. The molecule has 0 spiro atoms. The lowest BCUT2D eigenvalue weighted by molar-refractivity contribution is 0.648. The Morgan fingerprint density at radius 3 is 1.69 bits per heavy atom. The molecule has 0 unspecified atom stereocenters. The van der Waals surface area contributed by atoms with E-state index >= 15 is 0 Å². The van der Waals surface area contributed by atoms with Gasteiger partial charge in [-0.25, -0.2) is 0 Å². The van der Waals surface area contributed by atoms with Crippen molar-refractivity contribution in [3.8, 4) is 22.3 Å². The Bertz CT molecular complexity index is 1470. The highest BCUT2D eigenvalue weighted by Crippen LogP contribution is 2.36. The molecule has 0 aromatic heterocycles. The maximum absolute atomic E-state index is 5.20. The average molecular weight is 599 g/mol. The highest BCUT2D eigenvalue weighted by molar-refractivity contribution is 6.31. The van der Waals surface area contributed by atoms with Gasteiger partial charge in [0.25, 0.3) is 0 Å². The van der Waals surface area contributed by atoms with E-state index < -0.39 is 0 Å². The predicted molar refractivity (Wildman–Crippen MR) is 199 cm³/mol. The standard InChI is InChI=1S/C43H54N2/c1-6-10-12-16-26-37-29-40(28-34(8-3)41(37)27-21-13-11-7-2)45-38(9-4)32-44-39-30-42(35-22-17-14-18-23-35)33(5)43(31-39)36-24-19-15-20-25-36/h14-15,17-20,22-25,28-32H,6-13,16,21,26-27H2,1-5H3. The fraction of sp³-hybridized carbons (Fsp3) is 0.395. The second kappa shape index (κ2) is 18.3. The molecule has 0 radical (unpaired) electrons. The van der Waals surface area contributed by atoms with E-state index in [0.29, 0.717) is 0 Å². The van der Waals surface area contributed by atoms with Crippen LogP contribution >= 0.6 is 0 Å². The van der Waals surface area contributed by atoms with E-state index in [9.17, 15) is 0 Å². The zero-order valence-electron chi connectivity index (χ0n) is 28.5. The Balaban J connectivity index is 1.69. The quantitative estimate of drug-likeness (QED) is 0.0853. The minimum absolute atomic E-state index is 0.832. The van der Waals surface area contributed by atoms with Gasteiger partial charge < -0.3 is 0 Å². The third-order valence-electron chi connectivity index (χ3n) is 8.94. The predicted octanol–water partition coefficient (Wildman–Crippen LogP) is 13.0. The van der Waals surface area contributed by atoms with E-state index in [-0.39, 0.29) is 0 Å². The summed E-state index contributed by atoms with van der Waals surface area (Å²) in [5.41, 5.74) is 13.8. The molecule has 236 valence electrons. The molecule has 0 aliphatic heterocycles. The van der Waals surface area contributed by atoms with Gasteiger partial charge in [0, 0.05) is 6.21 Å². The molecular weight excluding hydrogens is 544 g/mol. The summed E-state index contributed by atoms with van der Waals surface area (Å²) in [7, 11) is 0. The summed E-state index contributed by atoms with van der Waals surface area (Å²) in [6, 6.07) is 30.5. The molecule has 0 bridgehead atoms. The molecule has 2 heteroatoms. The van der Waals surface area contributed by atoms with Crippen molar-refractivity contribution in [1.82, 2.24) is 0 Å². The molecule has 0 saturated heterocycles. The van der Waals surface area contributed by atoms with Gasteiger partial charge in [-0.05, 0) is 114 Å². The first-order chi connectivity index (χ1) is 22.1. The van der Waals surface area contributed by atoms with Crippen molar-refractivity contribution in [2.75, 3.05) is 0 Å². The van der Waals surface area contributed by atoms with E-state index in [2.05, 4.69) is 120 Å². The summed E-state index contributed by atoms with van der Waals surface area (Å²) >= 11 is 0.